The third-order valence-electron chi connectivity index (χ3n) is 3.75. The summed E-state index contributed by atoms with van der Waals surface area (Å²) < 4.78 is 4.57. The molecular weight excluding hydrogens is 262 g/mol. The number of esters is 1. The third kappa shape index (κ3) is 3.75. The first-order valence-corrected chi connectivity index (χ1v) is 7.92. The molecule has 1 heterocycles. The molecule has 0 spiro atoms. The van der Waals surface area contributed by atoms with Crippen LogP contribution in [-0.4, -0.2) is 35.5 Å². The minimum atomic E-state index is -0.256. The quantitative estimate of drug-likeness (QED) is 0.746. The molecular formula is C14H21NO3S. The summed E-state index contributed by atoms with van der Waals surface area (Å²) in [5, 5.41) is 0.0850. The minimum Gasteiger partial charge on any atom is -0.469 e. The summed E-state index contributed by atoms with van der Waals surface area (Å²) >= 11 is 1.23. The molecule has 0 aromatic rings. The summed E-state index contributed by atoms with van der Waals surface area (Å²) in [4.78, 5) is 25.2. The van der Waals surface area contributed by atoms with Crippen molar-refractivity contribution in [3.05, 3.63) is 11.8 Å². The van der Waals surface area contributed by atoms with Gasteiger partial charge >= 0.3 is 5.97 Å². The van der Waals surface area contributed by atoms with Gasteiger partial charge in [-0.05, 0) is 38.0 Å². The second-order valence-corrected chi connectivity index (χ2v) is 6.04. The Morgan fingerprint density at radius 1 is 1.42 bits per heavy atom. The van der Waals surface area contributed by atoms with E-state index in [1.54, 1.807) is 0 Å². The maximum atomic E-state index is 12.2. The van der Waals surface area contributed by atoms with Crippen LogP contribution >= 0.6 is 11.8 Å². The van der Waals surface area contributed by atoms with Crippen LogP contribution in [0.15, 0.2) is 11.8 Å². The maximum absolute atomic E-state index is 12.2. The lowest BCUT2D eigenvalue weighted by Gasteiger charge is -2.37. The molecule has 1 unspecified atom stereocenters. The normalized spacial score (nSPS) is 22.5. The first-order chi connectivity index (χ1) is 9.22. The number of thioether (sulfide) groups is 1. The average molecular weight is 283 g/mol. The number of allylic oxidation sites excluding steroid dienone is 2. The summed E-state index contributed by atoms with van der Waals surface area (Å²) in [5.41, 5.74) is 1.23. The molecule has 0 bridgehead atoms. The molecule has 0 aromatic heterocycles. The largest absolute Gasteiger partial charge is 0.469 e. The Morgan fingerprint density at radius 3 is 3.00 bits per heavy atom. The molecule has 0 saturated carbocycles. The van der Waals surface area contributed by atoms with Crippen LogP contribution in [0.5, 0.6) is 0 Å². The van der Waals surface area contributed by atoms with Crippen molar-refractivity contribution in [1.82, 2.24) is 4.90 Å². The van der Waals surface area contributed by atoms with Crippen molar-refractivity contribution >= 4 is 23.0 Å². The van der Waals surface area contributed by atoms with Crippen LogP contribution in [0.25, 0.3) is 0 Å². The Balaban J connectivity index is 1.87. The van der Waals surface area contributed by atoms with Crippen molar-refractivity contribution in [3.63, 3.8) is 0 Å². The number of nitrogens with zero attached hydrogens (tertiary/aromatic N) is 1. The standard InChI is InChI=1S/C14H21NO3S/c1-18-13(16)8-10-19-14(17)15-9-4-6-11-5-2-3-7-12(11)15/h7,11H,2-6,8-10H2,1H3. The molecule has 0 N–H and O–H groups in total. The van der Waals surface area contributed by atoms with Gasteiger partial charge in [0, 0.05) is 18.0 Å². The fourth-order valence-electron chi connectivity index (χ4n) is 2.77. The zero-order valence-corrected chi connectivity index (χ0v) is 12.2. The number of rotatable bonds is 3. The average Bonchev–Trinajstić information content (AvgIpc) is 2.46. The van der Waals surface area contributed by atoms with E-state index in [1.807, 2.05) is 4.90 Å². The number of carbonyl (C=O) groups excluding carboxylic acids is 2. The molecule has 106 valence electrons. The highest BCUT2D eigenvalue weighted by atomic mass is 32.2. The maximum Gasteiger partial charge on any atom is 0.306 e. The molecule has 0 radical (unpaired) electrons. The molecule has 19 heavy (non-hydrogen) atoms. The van der Waals surface area contributed by atoms with Gasteiger partial charge in [-0.3, -0.25) is 9.59 Å². The van der Waals surface area contributed by atoms with Gasteiger partial charge < -0.3 is 9.64 Å². The van der Waals surface area contributed by atoms with Gasteiger partial charge in [-0.1, -0.05) is 17.8 Å². The second kappa shape index (κ2) is 6.98. The smallest absolute Gasteiger partial charge is 0.306 e. The summed E-state index contributed by atoms with van der Waals surface area (Å²) in [6.07, 6.45) is 8.36. The molecule has 5 heteroatoms. The number of fused-ring (bicyclic) bond motifs is 1. The van der Waals surface area contributed by atoms with Crippen LogP contribution < -0.4 is 0 Å². The Hall–Kier alpha value is -0.970. The summed E-state index contributed by atoms with van der Waals surface area (Å²) in [7, 11) is 1.37. The number of methoxy groups -OCH3 is 1. The van der Waals surface area contributed by atoms with Crippen LogP contribution in [0, 0.1) is 5.92 Å². The molecule has 1 aliphatic heterocycles. The number of carbonyl (C=O) groups is 2. The molecule has 1 fully saturated rings. The van der Waals surface area contributed by atoms with E-state index in [0.717, 1.165) is 19.4 Å². The fourth-order valence-corrected chi connectivity index (χ4v) is 3.57. The van der Waals surface area contributed by atoms with Crippen molar-refractivity contribution in [2.24, 2.45) is 5.92 Å². The van der Waals surface area contributed by atoms with E-state index >= 15 is 0 Å². The monoisotopic (exact) mass is 283 g/mol. The number of amides is 1. The predicted octanol–water partition coefficient (Wildman–Crippen LogP) is 3.18. The van der Waals surface area contributed by atoms with Crippen molar-refractivity contribution < 1.29 is 14.3 Å². The molecule has 1 atom stereocenters. The number of piperidine rings is 1. The van der Waals surface area contributed by atoms with E-state index in [0.29, 0.717) is 18.1 Å². The Kier molecular flexibility index (Phi) is 5.31. The minimum absolute atomic E-state index is 0.0850. The zero-order valence-electron chi connectivity index (χ0n) is 11.4. The highest BCUT2D eigenvalue weighted by Crippen LogP contribution is 2.36. The Bertz CT molecular complexity index is 381. The molecule has 1 amide bonds. The highest BCUT2D eigenvalue weighted by molar-refractivity contribution is 8.13. The van der Waals surface area contributed by atoms with Crippen molar-refractivity contribution in [1.29, 1.82) is 0 Å². The van der Waals surface area contributed by atoms with E-state index < -0.39 is 0 Å². The second-order valence-electron chi connectivity index (χ2n) is 4.99. The van der Waals surface area contributed by atoms with Crippen LogP contribution in [0.1, 0.15) is 38.5 Å². The topological polar surface area (TPSA) is 46.6 Å². The molecule has 1 saturated heterocycles. The van der Waals surface area contributed by atoms with E-state index in [4.69, 9.17) is 0 Å². The van der Waals surface area contributed by atoms with Crippen molar-refractivity contribution in [2.75, 3.05) is 19.4 Å². The summed E-state index contributed by atoms with van der Waals surface area (Å²) in [5.74, 6) is 0.821. The lowest BCUT2D eigenvalue weighted by Crippen LogP contribution is -2.37. The van der Waals surface area contributed by atoms with E-state index in [1.165, 1.54) is 43.8 Å². The molecule has 2 rings (SSSR count). The molecule has 0 aromatic carbocycles. The van der Waals surface area contributed by atoms with Gasteiger partial charge in [-0.25, -0.2) is 0 Å². The SMILES string of the molecule is COC(=O)CCSC(=O)N1CCCC2CCCC=C21. The number of hydrogen-bond acceptors (Lipinski definition) is 4. The van der Waals surface area contributed by atoms with Gasteiger partial charge in [0.2, 0.25) is 0 Å². The lowest BCUT2D eigenvalue weighted by atomic mass is 9.85. The van der Waals surface area contributed by atoms with E-state index in [-0.39, 0.29) is 11.2 Å². The van der Waals surface area contributed by atoms with Gasteiger partial charge in [-0.2, -0.15) is 0 Å². The molecule has 2 aliphatic rings. The fraction of sp³-hybridized carbons (Fsp3) is 0.714. The van der Waals surface area contributed by atoms with Crippen molar-refractivity contribution in [2.45, 2.75) is 38.5 Å². The predicted molar refractivity (Wildman–Crippen MR) is 75.9 cm³/mol. The van der Waals surface area contributed by atoms with Crippen molar-refractivity contribution in [3.8, 4) is 0 Å². The summed E-state index contributed by atoms with van der Waals surface area (Å²) in [6, 6.07) is 0. The van der Waals surface area contributed by atoms with Crippen LogP contribution in [0.3, 0.4) is 0 Å². The van der Waals surface area contributed by atoms with Gasteiger partial charge in [0.15, 0.2) is 0 Å². The van der Waals surface area contributed by atoms with Gasteiger partial charge in [-0.15, -0.1) is 0 Å². The van der Waals surface area contributed by atoms with Crippen LogP contribution in [0.2, 0.25) is 0 Å². The highest BCUT2D eigenvalue weighted by Gasteiger charge is 2.30. The third-order valence-corrected chi connectivity index (χ3v) is 4.63. The first kappa shape index (κ1) is 14.4. The number of likely N-dealkylation sites (tertiary alicyclic amines) is 1. The zero-order chi connectivity index (χ0) is 13.7. The van der Waals surface area contributed by atoms with E-state index in [9.17, 15) is 9.59 Å². The van der Waals surface area contributed by atoms with E-state index in [2.05, 4.69) is 10.8 Å². The van der Waals surface area contributed by atoms with Gasteiger partial charge in [0.05, 0.1) is 13.5 Å². The molecule has 1 aliphatic carbocycles. The number of ether oxygens (including phenoxy) is 1. The van der Waals surface area contributed by atoms with Gasteiger partial charge in [0.1, 0.15) is 0 Å². The Labute approximate surface area is 118 Å². The lowest BCUT2D eigenvalue weighted by molar-refractivity contribution is -0.140. The number of hydrogen-bond donors (Lipinski definition) is 0. The van der Waals surface area contributed by atoms with Gasteiger partial charge in [0.25, 0.3) is 5.24 Å². The van der Waals surface area contributed by atoms with Crippen LogP contribution in [0.4, 0.5) is 4.79 Å². The molecule has 4 nitrogen and oxygen atoms in total. The first-order valence-electron chi connectivity index (χ1n) is 6.93. The Morgan fingerprint density at radius 2 is 2.21 bits per heavy atom. The summed E-state index contributed by atoms with van der Waals surface area (Å²) in [6.45, 7) is 0.826. The van der Waals surface area contributed by atoms with Crippen LogP contribution in [-0.2, 0) is 9.53 Å².